The molecule has 5 nitrogen and oxygen atoms in total. The Bertz CT molecular complexity index is 612. The molecule has 0 amide bonds. The predicted molar refractivity (Wildman–Crippen MR) is 77.5 cm³/mol. The molecular weight excluding hydrogens is 354 g/mol. The lowest BCUT2D eigenvalue weighted by Gasteiger charge is -2.04. The predicted octanol–water partition coefficient (Wildman–Crippen LogP) is 3.07. The van der Waals surface area contributed by atoms with E-state index in [4.69, 9.17) is 16.7 Å². The molecule has 0 aliphatic heterocycles. The minimum absolute atomic E-state index is 0.0504. The summed E-state index contributed by atoms with van der Waals surface area (Å²) < 4.78 is 2.59. The summed E-state index contributed by atoms with van der Waals surface area (Å²) in [7, 11) is 1.79. The van der Waals surface area contributed by atoms with E-state index >= 15 is 0 Å². The molecule has 0 saturated heterocycles. The van der Waals surface area contributed by atoms with Crippen LogP contribution in [0.4, 0.5) is 0 Å². The Hall–Kier alpha value is -1.05. The average molecular weight is 363 g/mol. The van der Waals surface area contributed by atoms with E-state index in [1.807, 2.05) is 6.07 Å². The first kappa shape index (κ1) is 14.4. The molecule has 0 radical (unpaired) electrons. The van der Waals surface area contributed by atoms with Gasteiger partial charge in [0.15, 0.2) is 11.0 Å². The van der Waals surface area contributed by atoms with E-state index in [-0.39, 0.29) is 5.75 Å². The topological polar surface area (TPSA) is 68.0 Å². The summed E-state index contributed by atoms with van der Waals surface area (Å²) in [5, 5.41) is 17.8. The third-order valence-electron chi connectivity index (χ3n) is 2.28. The average Bonchev–Trinajstić information content (AvgIpc) is 2.66. The van der Waals surface area contributed by atoms with Crippen molar-refractivity contribution < 1.29 is 9.90 Å². The van der Waals surface area contributed by atoms with E-state index in [2.05, 4.69) is 26.1 Å². The molecule has 2 rings (SSSR count). The van der Waals surface area contributed by atoms with Crippen LogP contribution in [-0.2, 0) is 11.8 Å². The number of hydrogen-bond donors (Lipinski definition) is 1. The smallest absolute Gasteiger partial charge is 0.313 e. The number of hydrogen-bond acceptors (Lipinski definition) is 4. The summed E-state index contributed by atoms with van der Waals surface area (Å²) in [6.45, 7) is 0. The Morgan fingerprint density at radius 3 is 2.84 bits per heavy atom. The van der Waals surface area contributed by atoms with Crippen LogP contribution in [0, 0.1) is 0 Å². The van der Waals surface area contributed by atoms with Gasteiger partial charge in [0.25, 0.3) is 0 Å². The highest BCUT2D eigenvalue weighted by Crippen LogP contribution is 2.28. The second kappa shape index (κ2) is 5.94. The molecule has 2 aromatic rings. The van der Waals surface area contributed by atoms with Gasteiger partial charge in [-0.25, -0.2) is 0 Å². The van der Waals surface area contributed by atoms with Gasteiger partial charge < -0.3 is 9.67 Å². The van der Waals surface area contributed by atoms with Gasteiger partial charge in [0.2, 0.25) is 0 Å². The molecule has 0 aliphatic rings. The largest absolute Gasteiger partial charge is 0.481 e. The summed E-state index contributed by atoms with van der Waals surface area (Å²) >= 11 is 10.5. The zero-order valence-electron chi connectivity index (χ0n) is 9.80. The SMILES string of the molecule is Cn1c(SCC(=O)O)nnc1-c1cc(Cl)cc(Br)c1. The first-order chi connectivity index (χ1) is 8.97. The number of carboxylic acid groups (broad SMARTS) is 1. The Kier molecular flexibility index (Phi) is 4.49. The molecule has 0 atom stereocenters. The maximum atomic E-state index is 10.5. The zero-order chi connectivity index (χ0) is 14.0. The van der Waals surface area contributed by atoms with E-state index in [1.165, 1.54) is 0 Å². The number of thioether (sulfide) groups is 1. The summed E-state index contributed by atoms with van der Waals surface area (Å²) in [5.74, 6) is -0.304. The van der Waals surface area contributed by atoms with Crippen molar-refractivity contribution in [2.75, 3.05) is 5.75 Å². The van der Waals surface area contributed by atoms with Crippen LogP contribution in [0.15, 0.2) is 27.8 Å². The highest BCUT2D eigenvalue weighted by molar-refractivity contribution is 9.10. The van der Waals surface area contributed by atoms with Crippen molar-refractivity contribution in [3.8, 4) is 11.4 Å². The number of carbonyl (C=O) groups is 1. The number of aromatic nitrogens is 3. The minimum atomic E-state index is -0.889. The second-order valence-corrected chi connectivity index (χ2v) is 6.00. The maximum Gasteiger partial charge on any atom is 0.313 e. The van der Waals surface area contributed by atoms with Gasteiger partial charge in [0.05, 0.1) is 5.75 Å². The fourth-order valence-electron chi connectivity index (χ4n) is 1.50. The molecule has 0 fully saturated rings. The van der Waals surface area contributed by atoms with Gasteiger partial charge in [0.1, 0.15) is 0 Å². The van der Waals surface area contributed by atoms with E-state index in [1.54, 1.807) is 23.7 Å². The van der Waals surface area contributed by atoms with Crippen LogP contribution in [0.1, 0.15) is 0 Å². The number of aliphatic carboxylic acids is 1. The molecule has 1 N–H and O–H groups in total. The van der Waals surface area contributed by atoms with Gasteiger partial charge in [-0.3, -0.25) is 4.79 Å². The maximum absolute atomic E-state index is 10.5. The van der Waals surface area contributed by atoms with Crippen molar-refractivity contribution in [1.82, 2.24) is 14.8 Å². The van der Waals surface area contributed by atoms with Gasteiger partial charge in [-0.1, -0.05) is 39.3 Å². The quantitative estimate of drug-likeness (QED) is 0.847. The van der Waals surface area contributed by atoms with E-state index < -0.39 is 5.97 Å². The minimum Gasteiger partial charge on any atom is -0.481 e. The van der Waals surface area contributed by atoms with Crippen molar-refractivity contribution in [2.45, 2.75) is 5.16 Å². The number of rotatable bonds is 4. The monoisotopic (exact) mass is 361 g/mol. The van der Waals surface area contributed by atoms with Gasteiger partial charge in [-0.15, -0.1) is 10.2 Å². The molecule has 0 bridgehead atoms. The zero-order valence-corrected chi connectivity index (χ0v) is 13.0. The highest BCUT2D eigenvalue weighted by atomic mass is 79.9. The molecule has 19 heavy (non-hydrogen) atoms. The standard InChI is InChI=1S/C11H9BrClN3O2S/c1-16-10(6-2-7(12)4-8(13)3-6)14-15-11(16)19-5-9(17)18/h2-4H,5H2,1H3,(H,17,18). The summed E-state index contributed by atoms with van der Waals surface area (Å²) in [4.78, 5) is 10.5. The molecule has 0 spiro atoms. The van der Waals surface area contributed by atoms with Crippen LogP contribution in [0.25, 0.3) is 11.4 Å². The Morgan fingerprint density at radius 1 is 1.47 bits per heavy atom. The third-order valence-corrected chi connectivity index (χ3v) is 3.96. The lowest BCUT2D eigenvalue weighted by Crippen LogP contribution is -2.01. The van der Waals surface area contributed by atoms with Crippen molar-refractivity contribution >= 4 is 45.3 Å². The van der Waals surface area contributed by atoms with E-state index in [0.717, 1.165) is 21.8 Å². The Labute approximate surface area is 127 Å². The molecule has 8 heteroatoms. The number of nitrogens with zero attached hydrogens (tertiary/aromatic N) is 3. The number of halogens is 2. The van der Waals surface area contributed by atoms with Gasteiger partial charge >= 0.3 is 5.97 Å². The Morgan fingerprint density at radius 2 is 2.21 bits per heavy atom. The molecule has 0 unspecified atom stereocenters. The van der Waals surface area contributed by atoms with Crippen LogP contribution >= 0.6 is 39.3 Å². The molecule has 1 aromatic carbocycles. The van der Waals surface area contributed by atoms with Crippen molar-refractivity contribution in [2.24, 2.45) is 7.05 Å². The molecular formula is C11H9BrClN3O2S. The summed E-state index contributed by atoms with van der Waals surface area (Å²) in [6, 6.07) is 5.44. The van der Waals surface area contributed by atoms with Crippen molar-refractivity contribution in [3.05, 3.63) is 27.7 Å². The van der Waals surface area contributed by atoms with Crippen molar-refractivity contribution in [3.63, 3.8) is 0 Å². The fourth-order valence-corrected chi connectivity index (χ4v) is 2.99. The van der Waals surface area contributed by atoms with Crippen LogP contribution < -0.4 is 0 Å². The van der Waals surface area contributed by atoms with Gasteiger partial charge in [-0.2, -0.15) is 0 Å². The lowest BCUT2D eigenvalue weighted by molar-refractivity contribution is -0.133. The number of carboxylic acids is 1. The molecule has 100 valence electrons. The lowest BCUT2D eigenvalue weighted by atomic mass is 10.2. The van der Waals surface area contributed by atoms with E-state index in [9.17, 15) is 4.79 Å². The van der Waals surface area contributed by atoms with Crippen LogP contribution in [0.3, 0.4) is 0 Å². The molecule has 1 heterocycles. The Balaban J connectivity index is 2.33. The summed E-state index contributed by atoms with van der Waals surface area (Å²) in [6.07, 6.45) is 0. The normalized spacial score (nSPS) is 10.7. The molecule has 1 aromatic heterocycles. The van der Waals surface area contributed by atoms with Gasteiger partial charge in [0, 0.05) is 22.1 Å². The first-order valence-corrected chi connectivity index (χ1v) is 7.33. The van der Waals surface area contributed by atoms with Gasteiger partial charge in [-0.05, 0) is 18.2 Å². The summed E-state index contributed by atoms with van der Waals surface area (Å²) in [5.41, 5.74) is 0.816. The second-order valence-electron chi connectivity index (χ2n) is 3.71. The number of benzene rings is 1. The van der Waals surface area contributed by atoms with E-state index in [0.29, 0.717) is 16.0 Å². The third kappa shape index (κ3) is 3.49. The fraction of sp³-hybridized carbons (Fsp3) is 0.182. The van der Waals surface area contributed by atoms with Crippen LogP contribution in [0.2, 0.25) is 5.02 Å². The highest BCUT2D eigenvalue weighted by Gasteiger charge is 2.13. The van der Waals surface area contributed by atoms with Crippen molar-refractivity contribution in [1.29, 1.82) is 0 Å². The van der Waals surface area contributed by atoms with Crippen LogP contribution in [0.5, 0.6) is 0 Å². The molecule has 0 aliphatic carbocycles. The molecule has 0 saturated carbocycles. The van der Waals surface area contributed by atoms with Crippen LogP contribution in [-0.4, -0.2) is 31.6 Å². The first-order valence-electron chi connectivity index (χ1n) is 5.18.